The van der Waals surface area contributed by atoms with Gasteiger partial charge in [0.2, 0.25) is 0 Å². The quantitative estimate of drug-likeness (QED) is 0.736. The van der Waals surface area contributed by atoms with E-state index in [0.29, 0.717) is 13.1 Å². The van der Waals surface area contributed by atoms with Crippen molar-refractivity contribution >= 4 is 11.7 Å². The van der Waals surface area contributed by atoms with Gasteiger partial charge in [-0.3, -0.25) is 0 Å². The number of rotatable bonds is 2. The number of hydrogen-bond donors (Lipinski definition) is 1. The molecule has 0 radical (unpaired) electrons. The predicted molar refractivity (Wildman–Crippen MR) is 58.4 cm³/mol. The number of esters is 1. The Morgan fingerprint density at radius 3 is 2.88 bits per heavy atom. The van der Waals surface area contributed by atoms with Crippen LogP contribution in [0.2, 0.25) is 0 Å². The molecule has 16 heavy (non-hydrogen) atoms. The van der Waals surface area contributed by atoms with Gasteiger partial charge in [-0.05, 0) is 19.1 Å². The Balaban J connectivity index is 2.15. The maximum Gasteiger partial charge on any atom is 0.356 e. The molecule has 0 unspecified atom stereocenters. The Kier molecular flexibility index (Phi) is 2.55. The highest BCUT2D eigenvalue weighted by atomic mass is 16.5. The first-order valence-electron chi connectivity index (χ1n) is 5.03. The Morgan fingerprint density at radius 2 is 2.31 bits per heavy atom. The summed E-state index contributed by atoms with van der Waals surface area (Å²) in [5, 5.41) is 9.62. The lowest BCUT2D eigenvalue weighted by molar-refractivity contribution is 0.0310. The summed E-state index contributed by atoms with van der Waals surface area (Å²) in [6.07, 6.45) is 1.56. The van der Waals surface area contributed by atoms with E-state index in [1.807, 2.05) is 11.0 Å². The summed E-state index contributed by atoms with van der Waals surface area (Å²) >= 11 is 0. The molecule has 0 bridgehead atoms. The molecule has 1 aliphatic rings. The smallest absolute Gasteiger partial charge is 0.356 e. The normalized spacial score (nSPS) is 17.8. The Morgan fingerprint density at radius 1 is 1.62 bits per heavy atom. The number of methoxy groups -OCH3 is 1. The molecule has 0 atom stereocenters. The third kappa shape index (κ3) is 1.99. The van der Waals surface area contributed by atoms with E-state index in [2.05, 4.69) is 9.72 Å². The van der Waals surface area contributed by atoms with Crippen molar-refractivity contribution in [2.45, 2.75) is 12.5 Å². The summed E-state index contributed by atoms with van der Waals surface area (Å²) in [7, 11) is 1.32. The number of ether oxygens (including phenoxy) is 1. The highest BCUT2D eigenvalue weighted by Crippen LogP contribution is 2.27. The maximum atomic E-state index is 11.3. The Labute approximate surface area is 93.7 Å². The molecule has 1 aromatic heterocycles. The van der Waals surface area contributed by atoms with Crippen LogP contribution in [0.3, 0.4) is 0 Å². The molecule has 0 aliphatic carbocycles. The largest absolute Gasteiger partial charge is 0.464 e. The minimum absolute atomic E-state index is 0.284. The van der Waals surface area contributed by atoms with Gasteiger partial charge in [0.1, 0.15) is 5.69 Å². The van der Waals surface area contributed by atoms with Crippen LogP contribution in [0.5, 0.6) is 0 Å². The molecule has 1 saturated heterocycles. The number of carbonyl (C=O) groups excluding carboxylic acids is 1. The topological polar surface area (TPSA) is 62.7 Å². The first-order chi connectivity index (χ1) is 7.52. The van der Waals surface area contributed by atoms with Crippen molar-refractivity contribution in [1.82, 2.24) is 4.98 Å². The first kappa shape index (κ1) is 10.9. The third-order valence-electron chi connectivity index (χ3n) is 2.57. The monoisotopic (exact) mass is 222 g/mol. The fraction of sp³-hybridized carbons (Fsp3) is 0.455. The van der Waals surface area contributed by atoms with Gasteiger partial charge < -0.3 is 14.7 Å². The number of anilines is 1. The molecule has 0 spiro atoms. The molecule has 2 heterocycles. The van der Waals surface area contributed by atoms with Gasteiger partial charge in [0.25, 0.3) is 0 Å². The summed E-state index contributed by atoms with van der Waals surface area (Å²) in [6.45, 7) is 2.92. The molecule has 1 fully saturated rings. The molecule has 2 rings (SSSR count). The van der Waals surface area contributed by atoms with E-state index in [0.717, 1.165) is 5.69 Å². The van der Waals surface area contributed by atoms with Crippen LogP contribution in [-0.4, -0.2) is 41.9 Å². The molecule has 0 saturated carbocycles. The number of nitrogens with zero attached hydrogens (tertiary/aromatic N) is 2. The van der Waals surface area contributed by atoms with Crippen molar-refractivity contribution < 1.29 is 14.6 Å². The van der Waals surface area contributed by atoms with Gasteiger partial charge in [0, 0.05) is 25.0 Å². The van der Waals surface area contributed by atoms with E-state index in [9.17, 15) is 9.90 Å². The van der Waals surface area contributed by atoms with Crippen LogP contribution in [-0.2, 0) is 4.74 Å². The summed E-state index contributed by atoms with van der Waals surface area (Å²) in [4.78, 5) is 17.2. The molecular weight excluding hydrogens is 208 g/mol. The van der Waals surface area contributed by atoms with Gasteiger partial charge in [-0.2, -0.15) is 0 Å². The second-order valence-electron chi connectivity index (χ2n) is 4.24. The molecule has 5 nitrogen and oxygen atoms in total. The number of β-amino-alcohol motifs (C(OH)–C–C–N with tert-alkyl or cyclic N) is 1. The minimum atomic E-state index is -0.630. The first-order valence-corrected chi connectivity index (χ1v) is 5.03. The predicted octanol–water partition coefficient (Wildman–Crippen LogP) is 0.439. The van der Waals surface area contributed by atoms with Gasteiger partial charge in [-0.25, -0.2) is 9.78 Å². The zero-order valence-electron chi connectivity index (χ0n) is 9.30. The van der Waals surface area contributed by atoms with Crippen molar-refractivity contribution in [1.29, 1.82) is 0 Å². The fourth-order valence-electron chi connectivity index (χ4n) is 1.79. The third-order valence-corrected chi connectivity index (χ3v) is 2.57. The second kappa shape index (κ2) is 3.75. The summed E-state index contributed by atoms with van der Waals surface area (Å²) in [6, 6.07) is 3.47. The van der Waals surface area contributed by atoms with Crippen LogP contribution in [0.15, 0.2) is 18.3 Å². The van der Waals surface area contributed by atoms with E-state index in [1.54, 1.807) is 19.2 Å². The SMILES string of the molecule is COC(=O)c1cc(N2CC(C)(O)C2)ccn1. The highest BCUT2D eigenvalue weighted by molar-refractivity contribution is 5.88. The van der Waals surface area contributed by atoms with Crippen LogP contribution in [0.25, 0.3) is 0 Å². The van der Waals surface area contributed by atoms with Crippen LogP contribution < -0.4 is 4.90 Å². The number of pyridine rings is 1. The van der Waals surface area contributed by atoms with E-state index < -0.39 is 11.6 Å². The molecule has 1 aromatic rings. The van der Waals surface area contributed by atoms with E-state index in [-0.39, 0.29) is 5.69 Å². The maximum absolute atomic E-state index is 11.3. The highest BCUT2D eigenvalue weighted by Gasteiger charge is 2.36. The molecule has 1 aliphatic heterocycles. The van der Waals surface area contributed by atoms with Crippen molar-refractivity contribution in [2.24, 2.45) is 0 Å². The fourth-order valence-corrected chi connectivity index (χ4v) is 1.79. The van der Waals surface area contributed by atoms with Crippen LogP contribution in [0.4, 0.5) is 5.69 Å². The van der Waals surface area contributed by atoms with Crippen molar-refractivity contribution in [3.8, 4) is 0 Å². The Hall–Kier alpha value is -1.62. The average Bonchev–Trinajstić information content (AvgIpc) is 2.25. The van der Waals surface area contributed by atoms with E-state index in [4.69, 9.17) is 0 Å². The number of aliphatic hydroxyl groups is 1. The molecule has 86 valence electrons. The second-order valence-corrected chi connectivity index (χ2v) is 4.24. The van der Waals surface area contributed by atoms with Gasteiger partial charge >= 0.3 is 5.97 Å². The minimum Gasteiger partial charge on any atom is -0.464 e. The summed E-state index contributed by atoms with van der Waals surface area (Å²) in [5.41, 5.74) is 0.530. The van der Waals surface area contributed by atoms with Crippen molar-refractivity contribution in [3.05, 3.63) is 24.0 Å². The number of hydrogen-bond acceptors (Lipinski definition) is 5. The summed E-state index contributed by atoms with van der Waals surface area (Å²) < 4.78 is 4.59. The van der Waals surface area contributed by atoms with E-state index >= 15 is 0 Å². The number of aromatic nitrogens is 1. The lowest BCUT2D eigenvalue weighted by atomic mass is 9.96. The lowest BCUT2D eigenvalue weighted by Crippen LogP contribution is -2.60. The van der Waals surface area contributed by atoms with E-state index in [1.165, 1.54) is 7.11 Å². The number of carbonyl (C=O) groups is 1. The molecular formula is C11H14N2O3. The molecule has 1 N–H and O–H groups in total. The van der Waals surface area contributed by atoms with Crippen molar-refractivity contribution in [3.63, 3.8) is 0 Å². The molecule has 5 heteroatoms. The van der Waals surface area contributed by atoms with Crippen LogP contribution in [0, 0.1) is 0 Å². The summed E-state index contributed by atoms with van der Waals surface area (Å²) in [5.74, 6) is -0.450. The zero-order valence-corrected chi connectivity index (χ0v) is 9.30. The molecule has 0 aromatic carbocycles. The van der Waals surface area contributed by atoms with Crippen LogP contribution in [0.1, 0.15) is 17.4 Å². The van der Waals surface area contributed by atoms with Gasteiger partial charge in [-0.15, -0.1) is 0 Å². The van der Waals surface area contributed by atoms with Crippen molar-refractivity contribution in [2.75, 3.05) is 25.1 Å². The standard InChI is InChI=1S/C11H14N2O3/c1-11(15)6-13(7-11)8-3-4-12-9(5-8)10(14)16-2/h3-5,15H,6-7H2,1-2H3. The van der Waals surface area contributed by atoms with Gasteiger partial charge in [-0.1, -0.05) is 0 Å². The Bertz CT molecular complexity index is 409. The lowest BCUT2D eigenvalue weighted by Gasteiger charge is -2.45. The molecule has 0 amide bonds. The average molecular weight is 222 g/mol. The zero-order chi connectivity index (χ0) is 11.8. The van der Waals surface area contributed by atoms with Gasteiger partial charge in [0.15, 0.2) is 0 Å². The van der Waals surface area contributed by atoms with Crippen LogP contribution >= 0.6 is 0 Å². The van der Waals surface area contributed by atoms with Gasteiger partial charge in [0.05, 0.1) is 12.7 Å².